The third kappa shape index (κ3) is 3.55. The summed E-state index contributed by atoms with van der Waals surface area (Å²) in [6.07, 6.45) is 2.96. The molecule has 0 spiro atoms. The standard InChI is InChI=1S/C21H18N6O3/c1-2-26-21(30)17-11-7-6-10-16(17)18(25-26)20(29)24-23-19(28)14-12-22-27(13-14)15-8-4-3-5-9-15/h3-13H,2H2,1H3,(H,23,28)(H,24,29). The van der Waals surface area contributed by atoms with Gasteiger partial charge in [0.2, 0.25) is 0 Å². The average molecular weight is 402 g/mol. The Bertz CT molecular complexity index is 1290. The van der Waals surface area contributed by atoms with Gasteiger partial charge in [-0.3, -0.25) is 25.2 Å². The Kier molecular flexibility index (Phi) is 5.08. The zero-order valence-electron chi connectivity index (χ0n) is 16.1. The number of nitrogens with one attached hydrogen (secondary N) is 2. The van der Waals surface area contributed by atoms with Gasteiger partial charge in [-0.25, -0.2) is 9.36 Å². The fourth-order valence-electron chi connectivity index (χ4n) is 3.02. The molecule has 2 N–H and O–H groups in total. The van der Waals surface area contributed by atoms with Crippen molar-refractivity contribution in [3.8, 4) is 5.69 Å². The van der Waals surface area contributed by atoms with E-state index in [1.807, 2.05) is 30.3 Å². The summed E-state index contributed by atoms with van der Waals surface area (Å²) in [6, 6.07) is 16.0. The number of rotatable bonds is 4. The molecule has 0 unspecified atom stereocenters. The minimum absolute atomic E-state index is 0.0485. The number of aryl methyl sites for hydroxylation is 1. The van der Waals surface area contributed by atoms with Crippen LogP contribution in [0.25, 0.3) is 16.5 Å². The van der Waals surface area contributed by atoms with Crippen molar-refractivity contribution in [2.24, 2.45) is 0 Å². The third-order valence-electron chi connectivity index (χ3n) is 4.54. The van der Waals surface area contributed by atoms with Crippen molar-refractivity contribution in [3.63, 3.8) is 0 Å². The van der Waals surface area contributed by atoms with Gasteiger partial charge in [0.05, 0.1) is 22.8 Å². The van der Waals surface area contributed by atoms with Gasteiger partial charge in [-0.15, -0.1) is 0 Å². The first-order chi connectivity index (χ1) is 14.6. The third-order valence-corrected chi connectivity index (χ3v) is 4.54. The summed E-state index contributed by atoms with van der Waals surface area (Å²) in [6.45, 7) is 2.08. The number of hydrogen-bond donors (Lipinski definition) is 2. The van der Waals surface area contributed by atoms with E-state index in [-0.39, 0.29) is 16.8 Å². The zero-order chi connectivity index (χ0) is 21.1. The van der Waals surface area contributed by atoms with Crippen LogP contribution in [-0.4, -0.2) is 31.4 Å². The van der Waals surface area contributed by atoms with Crippen molar-refractivity contribution < 1.29 is 9.59 Å². The Morgan fingerprint density at radius 2 is 1.60 bits per heavy atom. The first kappa shape index (κ1) is 19.1. The molecule has 9 heteroatoms. The molecule has 2 amide bonds. The van der Waals surface area contributed by atoms with Crippen molar-refractivity contribution in [1.82, 2.24) is 30.4 Å². The summed E-state index contributed by atoms with van der Waals surface area (Å²) in [5, 5.41) is 9.09. The van der Waals surface area contributed by atoms with E-state index in [1.165, 1.54) is 10.9 Å². The maximum Gasteiger partial charge on any atom is 0.290 e. The van der Waals surface area contributed by atoms with Gasteiger partial charge in [-0.2, -0.15) is 10.2 Å². The highest BCUT2D eigenvalue weighted by Crippen LogP contribution is 2.13. The number of fused-ring (bicyclic) bond motifs is 1. The van der Waals surface area contributed by atoms with Crippen molar-refractivity contribution in [2.75, 3.05) is 0 Å². The molecule has 2 aromatic heterocycles. The number of hydrazine groups is 1. The molecule has 0 bridgehead atoms. The molecule has 0 aliphatic carbocycles. The van der Waals surface area contributed by atoms with Crippen LogP contribution in [0, 0.1) is 0 Å². The summed E-state index contributed by atoms with van der Waals surface area (Å²) >= 11 is 0. The molecule has 0 aliphatic heterocycles. The molecule has 0 radical (unpaired) electrons. The summed E-state index contributed by atoms with van der Waals surface area (Å²) in [5.41, 5.74) is 5.57. The minimum atomic E-state index is -0.628. The predicted molar refractivity (Wildman–Crippen MR) is 110 cm³/mol. The van der Waals surface area contributed by atoms with E-state index in [9.17, 15) is 14.4 Å². The maximum absolute atomic E-state index is 12.7. The molecule has 0 saturated heterocycles. The summed E-state index contributed by atoms with van der Waals surface area (Å²) in [7, 11) is 0. The lowest BCUT2D eigenvalue weighted by Gasteiger charge is -2.10. The second-order valence-corrected chi connectivity index (χ2v) is 6.43. The van der Waals surface area contributed by atoms with Gasteiger partial charge in [0.1, 0.15) is 0 Å². The second-order valence-electron chi connectivity index (χ2n) is 6.43. The first-order valence-corrected chi connectivity index (χ1v) is 9.29. The number of aromatic nitrogens is 4. The van der Waals surface area contributed by atoms with Gasteiger partial charge < -0.3 is 0 Å². The molecule has 0 fully saturated rings. The fourth-order valence-corrected chi connectivity index (χ4v) is 3.02. The molecule has 0 saturated carbocycles. The van der Waals surface area contributed by atoms with Gasteiger partial charge in [0.25, 0.3) is 17.4 Å². The van der Waals surface area contributed by atoms with Crippen LogP contribution in [0.5, 0.6) is 0 Å². The normalized spacial score (nSPS) is 10.7. The molecule has 4 rings (SSSR count). The Morgan fingerprint density at radius 3 is 2.33 bits per heavy atom. The van der Waals surface area contributed by atoms with E-state index in [0.29, 0.717) is 17.3 Å². The maximum atomic E-state index is 12.7. The largest absolute Gasteiger partial charge is 0.290 e. The van der Waals surface area contributed by atoms with Crippen molar-refractivity contribution >= 4 is 22.6 Å². The molecule has 2 heterocycles. The van der Waals surface area contributed by atoms with Crippen LogP contribution < -0.4 is 16.4 Å². The quantitative estimate of drug-likeness (QED) is 0.505. The van der Waals surface area contributed by atoms with Crippen LogP contribution >= 0.6 is 0 Å². The summed E-state index contributed by atoms with van der Waals surface area (Å²) < 4.78 is 2.77. The highest BCUT2D eigenvalue weighted by Gasteiger charge is 2.17. The van der Waals surface area contributed by atoms with Crippen LogP contribution in [0.1, 0.15) is 27.8 Å². The zero-order valence-corrected chi connectivity index (χ0v) is 16.1. The van der Waals surface area contributed by atoms with Crippen molar-refractivity contribution in [3.05, 3.63) is 88.6 Å². The predicted octanol–water partition coefficient (Wildman–Crippen LogP) is 1.68. The van der Waals surface area contributed by atoms with E-state index in [0.717, 1.165) is 5.69 Å². The number of para-hydroxylation sites is 1. The molecule has 4 aromatic rings. The number of carbonyl (C=O) groups is 2. The topological polar surface area (TPSA) is 111 Å². The van der Waals surface area contributed by atoms with E-state index in [4.69, 9.17) is 0 Å². The van der Waals surface area contributed by atoms with Gasteiger partial charge in [0, 0.05) is 18.1 Å². The Labute approximate surface area is 170 Å². The van der Waals surface area contributed by atoms with E-state index >= 15 is 0 Å². The summed E-state index contributed by atoms with van der Waals surface area (Å²) in [5.74, 6) is -1.16. The van der Waals surface area contributed by atoms with E-state index in [1.54, 1.807) is 42.1 Å². The minimum Gasteiger partial charge on any atom is -0.267 e. The molecule has 2 aromatic carbocycles. The Balaban J connectivity index is 1.53. The van der Waals surface area contributed by atoms with Gasteiger partial charge in [-0.1, -0.05) is 36.4 Å². The monoisotopic (exact) mass is 402 g/mol. The van der Waals surface area contributed by atoms with Gasteiger partial charge in [0.15, 0.2) is 5.69 Å². The SMILES string of the molecule is CCn1nc(C(=O)NNC(=O)c2cnn(-c3ccccc3)c2)c2ccccc2c1=O. The van der Waals surface area contributed by atoms with Crippen LogP contribution in [0.2, 0.25) is 0 Å². The number of carbonyl (C=O) groups excluding carboxylic acids is 2. The second kappa shape index (κ2) is 8.00. The number of hydrogen-bond acceptors (Lipinski definition) is 5. The molecule has 9 nitrogen and oxygen atoms in total. The number of benzene rings is 2. The van der Waals surface area contributed by atoms with Crippen LogP contribution in [0.4, 0.5) is 0 Å². The number of nitrogens with zero attached hydrogens (tertiary/aromatic N) is 4. The number of amides is 2. The molecular formula is C21H18N6O3. The van der Waals surface area contributed by atoms with Crippen LogP contribution in [0.15, 0.2) is 71.8 Å². The lowest BCUT2D eigenvalue weighted by atomic mass is 10.1. The molecule has 0 aliphatic rings. The highest BCUT2D eigenvalue weighted by molar-refractivity contribution is 6.05. The Morgan fingerprint density at radius 1 is 0.933 bits per heavy atom. The fraction of sp³-hybridized carbons (Fsp3) is 0.0952. The van der Waals surface area contributed by atoms with Crippen LogP contribution in [0.3, 0.4) is 0 Å². The molecular weight excluding hydrogens is 384 g/mol. The molecule has 150 valence electrons. The first-order valence-electron chi connectivity index (χ1n) is 9.29. The van der Waals surface area contributed by atoms with Gasteiger partial charge >= 0.3 is 0 Å². The summed E-state index contributed by atoms with van der Waals surface area (Å²) in [4.78, 5) is 37.5. The van der Waals surface area contributed by atoms with Gasteiger partial charge in [-0.05, 0) is 25.1 Å². The van der Waals surface area contributed by atoms with E-state index < -0.39 is 11.8 Å². The van der Waals surface area contributed by atoms with Crippen molar-refractivity contribution in [1.29, 1.82) is 0 Å². The highest BCUT2D eigenvalue weighted by atomic mass is 16.2. The van der Waals surface area contributed by atoms with Crippen molar-refractivity contribution in [2.45, 2.75) is 13.5 Å². The lowest BCUT2D eigenvalue weighted by molar-refractivity contribution is 0.0843. The molecule has 30 heavy (non-hydrogen) atoms. The molecule has 0 atom stereocenters. The smallest absolute Gasteiger partial charge is 0.267 e. The van der Waals surface area contributed by atoms with Crippen LogP contribution in [-0.2, 0) is 6.54 Å². The Hall–Kier alpha value is -4.27. The lowest BCUT2D eigenvalue weighted by Crippen LogP contribution is -2.42. The average Bonchev–Trinajstić information content (AvgIpc) is 3.29. The van der Waals surface area contributed by atoms with E-state index in [2.05, 4.69) is 21.0 Å².